The quantitative estimate of drug-likeness (QED) is 0.789. The van der Waals surface area contributed by atoms with Gasteiger partial charge >= 0.3 is 0 Å². The molecule has 6 nitrogen and oxygen atoms in total. The van der Waals surface area contributed by atoms with Crippen LogP contribution in [0.3, 0.4) is 0 Å². The van der Waals surface area contributed by atoms with Crippen molar-refractivity contribution >= 4 is 17.2 Å². The van der Waals surface area contributed by atoms with Gasteiger partial charge in [0, 0.05) is 35.6 Å². The second kappa shape index (κ2) is 6.63. The first kappa shape index (κ1) is 15.7. The summed E-state index contributed by atoms with van der Waals surface area (Å²) in [6.45, 7) is 6.19. The minimum Gasteiger partial charge on any atom is -0.351 e. The number of fused-ring (bicyclic) bond motifs is 1. The van der Waals surface area contributed by atoms with E-state index >= 15 is 0 Å². The summed E-state index contributed by atoms with van der Waals surface area (Å²) in [5.41, 5.74) is 4.27. The van der Waals surface area contributed by atoms with Gasteiger partial charge in [-0.05, 0) is 25.8 Å². The highest BCUT2D eigenvalue weighted by atomic mass is 15.2. The minimum atomic E-state index is 0.494. The molecule has 3 aromatic heterocycles. The number of nitrogens with one attached hydrogen (secondary N) is 1. The Labute approximate surface area is 147 Å². The first-order chi connectivity index (χ1) is 12.2. The van der Waals surface area contributed by atoms with Gasteiger partial charge in [-0.1, -0.05) is 25.8 Å². The highest BCUT2D eigenvalue weighted by Crippen LogP contribution is 2.24. The molecule has 0 spiro atoms. The van der Waals surface area contributed by atoms with Gasteiger partial charge < -0.3 is 5.32 Å². The van der Waals surface area contributed by atoms with Crippen molar-refractivity contribution in [3.63, 3.8) is 0 Å². The molecule has 4 rings (SSSR count). The van der Waals surface area contributed by atoms with Crippen molar-refractivity contribution < 1.29 is 0 Å². The fourth-order valence-electron chi connectivity index (χ4n) is 3.38. The first-order valence-corrected chi connectivity index (χ1v) is 8.81. The molecule has 3 heterocycles. The number of hydrogen-bond donors (Lipinski definition) is 1. The van der Waals surface area contributed by atoms with Crippen molar-refractivity contribution in [1.82, 2.24) is 24.6 Å². The molecule has 0 unspecified atom stereocenters. The van der Waals surface area contributed by atoms with Crippen molar-refractivity contribution in [2.24, 2.45) is 0 Å². The van der Waals surface area contributed by atoms with Crippen LogP contribution >= 0.6 is 0 Å². The Morgan fingerprint density at radius 2 is 2.04 bits per heavy atom. The van der Waals surface area contributed by atoms with Gasteiger partial charge in [0.1, 0.15) is 0 Å². The van der Waals surface area contributed by atoms with Gasteiger partial charge in [0.15, 0.2) is 5.65 Å². The van der Waals surface area contributed by atoms with Crippen LogP contribution in [0.25, 0.3) is 11.2 Å². The van der Waals surface area contributed by atoms with Crippen LogP contribution in [0.15, 0.2) is 37.3 Å². The van der Waals surface area contributed by atoms with Crippen LogP contribution in [0, 0.1) is 6.92 Å². The number of aromatic nitrogens is 5. The van der Waals surface area contributed by atoms with Crippen LogP contribution in [0.1, 0.15) is 49.1 Å². The van der Waals surface area contributed by atoms with Crippen molar-refractivity contribution in [2.45, 2.75) is 45.1 Å². The molecule has 0 aromatic carbocycles. The lowest BCUT2D eigenvalue weighted by Crippen LogP contribution is -2.23. The van der Waals surface area contributed by atoms with Crippen LogP contribution in [0.5, 0.6) is 0 Å². The minimum absolute atomic E-state index is 0.494. The van der Waals surface area contributed by atoms with E-state index in [1.807, 2.05) is 31.5 Å². The third-order valence-corrected chi connectivity index (χ3v) is 4.81. The molecule has 1 saturated carbocycles. The van der Waals surface area contributed by atoms with Crippen LogP contribution < -0.4 is 5.32 Å². The van der Waals surface area contributed by atoms with Crippen molar-refractivity contribution in [3.8, 4) is 0 Å². The average molecular weight is 334 g/mol. The van der Waals surface area contributed by atoms with E-state index in [0.717, 1.165) is 28.2 Å². The summed E-state index contributed by atoms with van der Waals surface area (Å²) >= 11 is 0. The Hall–Kier alpha value is -2.76. The van der Waals surface area contributed by atoms with Crippen molar-refractivity contribution in [1.29, 1.82) is 0 Å². The van der Waals surface area contributed by atoms with E-state index in [2.05, 4.69) is 31.9 Å². The monoisotopic (exact) mass is 334 g/mol. The molecule has 0 aliphatic heterocycles. The maximum absolute atomic E-state index is 4.64. The predicted octanol–water partition coefficient (Wildman–Crippen LogP) is 3.63. The molecule has 3 aromatic rings. The third-order valence-electron chi connectivity index (χ3n) is 4.81. The molecule has 6 heteroatoms. The molecular weight excluding hydrogens is 312 g/mol. The molecular formula is C19H22N6. The third kappa shape index (κ3) is 3.24. The molecule has 0 amide bonds. The van der Waals surface area contributed by atoms with Crippen LogP contribution in [-0.4, -0.2) is 30.6 Å². The smallest absolute Gasteiger partial charge is 0.223 e. The Morgan fingerprint density at radius 1 is 1.20 bits per heavy atom. The van der Waals surface area contributed by atoms with Gasteiger partial charge in [0.25, 0.3) is 0 Å². The summed E-state index contributed by atoms with van der Waals surface area (Å²) in [6, 6.07) is 4.28. The Bertz CT molecular complexity index is 907. The van der Waals surface area contributed by atoms with Gasteiger partial charge in [0.2, 0.25) is 5.95 Å². The van der Waals surface area contributed by atoms with Crippen molar-refractivity contribution in [3.05, 3.63) is 54.3 Å². The molecule has 0 radical (unpaired) electrons. The average Bonchev–Trinajstić information content (AvgIpc) is 3.10. The van der Waals surface area contributed by atoms with Gasteiger partial charge in [-0.15, -0.1) is 0 Å². The van der Waals surface area contributed by atoms with Gasteiger partial charge in [-0.3, -0.25) is 0 Å². The van der Waals surface area contributed by atoms with E-state index in [1.165, 1.54) is 32.1 Å². The molecule has 1 N–H and O–H groups in total. The highest BCUT2D eigenvalue weighted by Gasteiger charge is 2.15. The van der Waals surface area contributed by atoms with E-state index in [4.69, 9.17) is 0 Å². The zero-order valence-electron chi connectivity index (χ0n) is 14.4. The lowest BCUT2D eigenvalue weighted by molar-refractivity contribution is 0.460. The van der Waals surface area contributed by atoms with Crippen LogP contribution in [-0.2, 0) is 0 Å². The Balaban J connectivity index is 1.55. The van der Waals surface area contributed by atoms with Crippen LogP contribution in [0.4, 0.5) is 5.95 Å². The van der Waals surface area contributed by atoms with Crippen molar-refractivity contribution in [2.75, 3.05) is 5.32 Å². The van der Waals surface area contributed by atoms with E-state index in [0.29, 0.717) is 12.0 Å². The second-order valence-corrected chi connectivity index (χ2v) is 6.60. The molecule has 0 bridgehead atoms. The molecule has 128 valence electrons. The maximum atomic E-state index is 4.64. The van der Waals surface area contributed by atoms with Gasteiger partial charge in [0.05, 0.1) is 17.6 Å². The molecule has 1 aliphatic carbocycles. The number of anilines is 1. The molecule has 0 saturated heterocycles. The SMILES string of the molecule is C=C(c1ccn2nccc2n1)c1cnc(NC2CCCCC2)nc1C. The fourth-order valence-corrected chi connectivity index (χ4v) is 3.38. The molecule has 0 atom stereocenters. The normalized spacial score (nSPS) is 15.4. The molecule has 25 heavy (non-hydrogen) atoms. The molecule has 1 fully saturated rings. The van der Waals surface area contributed by atoms with Crippen LogP contribution in [0.2, 0.25) is 0 Å². The summed E-state index contributed by atoms with van der Waals surface area (Å²) < 4.78 is 1.73. The summed E-state index contributed by atoms with van der Waals surface area (Å²) in [4.78, 5) is 13.7. The lowest BCUT2D eigenvalue weighted by Gasteiger charge is -2.23. The number of nitrogens with zero attached hydrogens (tertiary/aromatic N) is 5. The number of aryl methyl sites for hydroxylation is 1. The number of hydrogen-bond acceptors (Lipinski definition) is 5. The Kier molecular flexibility index (Phi) is 4.17. The predicted molar refractivity (Wildman–Crippen MR) is 98.4 cm³/mol. The Morgan fingerprint density at radius 3 is 2.84 bits per heavy atom. The zero-order valence-corrected chi connectivity index (χ0v) is 14.4. The highest BCUT2D eigenvalue weighted by molar-refractivity contribution is 5.77. The number of rotatable bonds is 4. The summed E-state index contributed by atoms with van der Waals surface area (Å²) in [6.07, 6.45) is 11.8. The lowest BCUT2D eigenvalue weighted by atomic mass is 9.96. The summed E-state index contributed by atoms with van der Waals surface area (Å²) in [5, 5.41) is 7.64. The topological polar surface area (TPSA) is 68.0 Å². The van der Waals surface area contributed by atoms with E-state index in [1.54, 1.807) is 10.7 Å². The first-order valence-electron chi connectivity index (χ1n) is 8.81. The van der Waals surface area contributed by atoms with E-state index < -0.39 is 0 Å². The van der Waals surface area contributed by atoms with Gasteiger partial charge in [-0.2, -0.15) is 5.10 Å². The maximum Gasteiger partial charge on any atom is 0.223 e. The van der Waals surface area contributed by atoms with E-state index in [-0.39, 0.29) is 0 Å². The zero-order chi connectivity index (χ0) is 17.2. The molecule has 1 aliphatic rings. The standard InChI is InChI=1S/C19H22N6/c1-13(17-9-11-25-18(24-17)8-10-21-25)16-12-20-19(22-14(16)2)23-15-6-4-3-5-7-15/h8-12,15H,1,3-7H2,2H3,(H,20,22,23). The second-order valence-electron chi connectivity index (χ2n) is 6.60. The van der Waals surface area contributed by atoms with E-state index in [9.17, 15) is 0 Å². The summed E-state index contributed by atoms with van der Waals surface area (Å²) in [7, 11) is 0. The van der Waals surface area contributed by atoms with Gasteiger partial charge in [-0.25, -0.2) is 19.5 Å². The largest absolute Gasteiger partial charge is 0.351 e. The summed E-state index contributed by atoms with van der Waals surface area (Å²) in [5.74, 6) is 0.708. The fraction of sp³-hybridized carbons (Fsp3) is 0.368.